The van der Waals surface area contributed by atoms with Crippen LogP contribution >= 0.6 is 0 Å². The number of piperidine rings is 1. The Morgan fingerprint density at radius 2 is 2.05 bits per heavy atom. The van der Waals surface area contributed by atoms with Gasteiger partial charge in [-0.1, -0.05) is 6.08 Å². The van der Waals surface area contributed by atoms with Crippen LogP contribution in [0.2, 0.25) is 0 Å². The van der Waals surface area contributed by atoms with Gasteiger partial charge in [0.1, 0.15) is 11.4 Å². The summed E-state index contributed by atoms with van der Waals surface area (Å²) < 4.78 is 31.1. The first kappa shape index (κ1) is 13.5. The smallest absolute Gasteiger partial charge is 0.229 e. The summed E-state index contributed by atoms with van der Waals surface area (Å²) >= 11 is 0. The minimum Gasteiger partial charge on any atom is -0.482 e. The zero-order valence-corrected chi connectivity index (χ0v) is 12.2. The Morgan fingerprint density at radius 3 is 2.75 bits per heavy atom. The fourth-order valence-electron chi connectivity index (χ4n) is 2.66. The molecule has 1 fully saturated rings. The van der Waals surface area contributed by atoms with Gasteiger partial charge in [-0.05, 0) is 37.4 Å². The van der Waals surface area contributed by atoms with Crippen molar-refractivity contribution in [1.82, 2.24) is 5.32 Å². The molecule has 0 unspecified atom stereocenters. The first-order chi connectivity index (χ1) is 9.46. The van der Waals surface area contributed by atoms with E-state index in [4.69, 9.17) is 4.74 Å². The van der Waals surface area contributed by atoms with Crippen molar-refractivity contribution in [3.8, 4) is 5.75 Å². The van der Waals surface area contributed by atoms with Crippen molar-refractivity contribution in [1.29, 1.82) is 0 Å². The number of ether oxygens (including phenoxy) is 1. The first-order valence-corrected chi connectivity index (χ1v) is 8.56. The zero-order valence-electron chi connectivity index (χ0n) is 11.3. The maximum atomic E-state index is 11.2. The van der Waals surface area contributed by atoms with Crippen molar-refractivity contribution in [2.45, 2.75) is 18.4 Å². The molecule has 0 saturated carbocycles. The number of benzene rings is 1. The molecule has 0 aromatic heterocycles. The molecule has 0 atom stereocenters. The highest BCUT2D eigenvalue weighted by molar-refractivity contribution is 7.92. The van der Waals surface area contributed by atoms with Gasteiger partial charge in [-0.15, -0.1) is 0 Å². The van der Waals surface area contributed by atoms with Gasteiger partial charge in [0.2, 0.25) is 10.0 Å². The summed E-state index contributed by atoms with van der Waals surface area (Å²) in [6.07, 6.45) is 7.17. The van der Waals surface area contributed by atoms with Crippen LogP contribution in [0.5, 0.6) is 5.75 Å². The van der Waals surface area contributed by atoms with Gasteiger partial charge in [-0.2, -0.15) is 0 Å². The Bertz CT molecular complexity index is 646. The van der Waals surface area contributed by atoms with E-state index < -0.39 is 10.0 Å². The van der Waals surface area contributed by atoms with Gasteiger partial charge < -0.3 is 10.1 Å². The predicted octanol–water partition coefficient (Wildman–Crippen LogP) is 1.59. The third kappa shape index (κ3) is 2.81. The number of anilines is 1. The monoisotopic (exact) mass is 294 g/mol. The third-order valence-corrected chi connectivity index (χ3v) is 4.25. The standard InChI is InChI=1S/C14H18N2O3S/c1-20(17,18)16-12-2-3-13-11(10-12)4-5-14(19-13)6-8-15-9-7-14/h2-5,10,15-16H,6-9H2,1H3. The van der Waals surface area contributed by atoms with Crippen LogP contribution in [0.15, 0.2) is 24.3 Å². The SMILES string of the molecule is CS(=O)(=O)Nc1ccc2c(c1)C=CC1(CCNCC1)O2. The molecule has 1 aromatic carbocycles. The average Bonchev–Trinajstić information content (AvgIpc) is 2.38. The lowest BCUT2D eigenvalue weighted by atomic mass is 9.89. The molecule has 6 heteroatoms. The maximum absolute atomic E-state index is 11.2. The number of rotatable bonds is 2. The molecule has 0 amide bonds. The van der Waals surface area contributed by atoms with Gasteiger partial charge in [0, 0.05) is 24.1 Å². The maximum Gasteiger partial charge on any atom is 0.229 e. The Hall–Kier alpha value is -1.53. The van der Waals surface area contributed by atoms with Crippen LogP contribution in [0.25, 0.3) is 6.08 Å². The molecule has 2 heterocycles. The van der Waals surface area contributed by atoms with E-state index in [0.29, 0.717) is 5.69 Å². The van der Waals surface area contributed by atoms with E-state index in [9.17, 15) is 8.42 Å². The van der Waals surface area contributed by atoms with Crippen LogP contribution in [0, 0.1) is 0 Å². The number of nitrogens with one attached hydrogen (secondary N) is 2. The average molecular weight is 294 g/mol. The summed E-state index contributed by atoms with van der Waals surface area (Å²) in [6, 6.07) is 5.35. The zero-order chi connectivity index (χ0) is 14.2. The molecule has 5 nitrogen and oxygen atoms in total. The van der Waals surface area contributed by atoms with Crippen LogP contribution in [-0.4, -0.2) is 33.4 Å². The quantitative estimate of drug-likeness (QED) is 0.869. The Labute approximate surface area is 119 Å². The molecular weight excluding hydrogens is 276 g/mol. The van der Waals surface area contributed by atoms with E-state index in [1.54, 1.807) is 12.1 Å². The summed E-state index contributed by atoms with van der Waals surface area (Å²) in [5.74, 6) is 0.813. The van der Waals surface area contributed by atoms with Gasteiger partial charge in [0.05, 0.1) is 6.26 Å². The highest BCUT2D eigenvalue weighted by Crippen LogP contribution is 2.37. The molecule has 1 aromatic rings. The van der Waals surface area contributed by atoms with Crippen LogP contribution < -0.4 is 14.8 Å². The van der Waals surface area contributed by atoms with Crippen molar-refractivity contribution < 1.29 is 13.2 Å². The van der Waals surface area contributed by atoms with Crippen LogP contribution in [0.4, 0.5) is 5.69 Å². The summed E-state index contributed by atoms with van der Waals surface area (Å²) in [7, 11) is -3.25. The predicted molar refractivity (Wildman–Crippen MR) is 79.4 cm³/mol. The Kier molecular flexibility index (Phi) is 3.22. The third-order valence-electron chi connectivity index (χ3n) is 3.64. The summed E-state index contributed by atoms with van der Waals surface area (Å²) in [6.45, 7) is 1.90. The second-order valence-electron chi connectivity index (χ2n) is 5.38. The fourth-order valence-corrected chi connectivity index (χ4v) is 3.22. The van der Waals surface area contributed by atoms with Gasteiger partial charge in [0.25, 0.3) is 0 Å². The van der Waals surface area contributed by atoms with Crippen molar-refractivity contribution in [3.05, 3.63) is 29.8 Å². The molecule has 0 bridgehead atoms. The summed E-state index contributed by atoms with van der Waals surface area (Å²) in [5.41, 5.74) is 1.26. The minimum atomic E-state index is -3.25. The van der Waals surface area contributed by atoms with Crippen molar-refractivity contribution in [2.24, 2.45) is 0 Å². The minimum absolute atomic E-state index is 0.204. The molecule has 2 aliphatic rings. The van der Waals surface area contributed by atoms with Crippen molar-refractivity contribution in [2.75, 3.05) is 24.1 Å². The van der Waals surface area contributed by atoms with Gasteiger partial charge in [0.15, 0.2) is 0 Å². The Morgan fingerprint density at radius 1 is 1.30 bits per heavy atom. The van der Waals surface area contributed by atoms with Gasteiger partial charge in [-0.3, -0.25) is 4.72 Å². The van der Waals surface area contributed by atoms with Crippen molar-refractivity contribution in [3.63, 3.8) is 0 Å². The van der Waals surface area contributed by atoms with Crippen LogP contribution in [-0.2, 0) is 10.0 Å². The molecule has 2 aliphatic heterocycles. The lowest BCUT2D eigenvalue weighted by Gasteiger charge is -2.38. The number of sulfonamides is 1. The largest absolute Gasteiger partial charge is 0.482 e. The lowest BCUT2D eigenvalue weighted by molar-refractivity contribution is 0.0823. The van der Waals surface area contributed by atoms with Gasteiger partial charge in [-0.25, -0.2) is 8.42 Å². The van der Waals surface area contributed by atoms with E-state index in [-0.39, 0.29) is 5.60 Å². The van der Waals surface area contributed by atoms with E-state index in [1.807, 2.05) is 12.1 Å². The molecule has 3 rings (SSSR count). The molecule has 108 valence electrons. The second kappa shape index (κ2) is 4.79. The summed E-state index contributed by atoms with van der Waals surface area (Å²) in [4.78, 5) is 0. The molecular formula is C14H18N2O3S. The van der Waals surface area contributed by atoms with E-state index in [1.165, 1.54) is 0 Å². The molecule has 0 radical (unpaired) electrons. The number of fused-ring (bicyclic) bond motifs is 1. The van der Waals surface area contributed by atoms with E-state index >= 15 is 0 Å². The topological polar surface area (TPSA) is 67.4 Å². The van der Waals surface area contributed by atoms with Crippen LogP contribution in [0.3, 0.4) is 0 Å². The molecule has 0 aliphatic carbocycles. The molecule has 2 N–H and O–H groups in total. The number of hydrogen-bond acceptors (Lipinski definition) is 4. The Balaban J connectivity index is 1.86. The normalized spacial score (nSPS) is 20.2. The molecule has 20 heavy (non-hydrogen) atoms. The second-order valence-corrected chi connectivity index (χ2v) is 7.13. The number of hydrogen-bond donors (Lipinski definition) is 2. The summed E-state index contributed by atoms with van der Waals surface area (Å²) in [5, 5.41) is 3.32. The van der Waals surface area contributed by atoms with Crippen LogP contribution in [0.1, 0.15) is 18.4 Å². The highest BCUT2D eigenvalue weighted by atomic mass is 32.2. The molecule has 1 spiro atoms. The fraction of sp³-hybridized carbons (Fsp3) is 0.429. The van der Waals surface area contributed by atoms with Crippen molar-refractivity contribution >= 4 is 21.8 Å². The first-order valence-electron chi connectivity index (χ1n) is 6.67. The highest BCUT2D eigenvalue weighted by Gasteiger charge is 2.34. The van der Waals surface area contributed by atoms with E-state index in [0.717, 1.165) is 43.5 Å². The molecule has 1 saturated heterocycles. The lowest BCUT2D eigenvalue weighted by Crippen LogP contribution is -2.45. The van der Waals surface area contributed by atoms with E-state index in [2.05, 4.69) is 16.1 Å². The van der Waals surface area contributed by atoms with Gasteiger partial charge >= 0.3 is 0 Å².